The number of nitrogens with one attached hydrogen (secondary N) is 1. The van der Waals surface area contributed by atoms with E-state index < -0.39 is 10.8 Å². The van der Waals surface area contributed by atoms with Gasteiger partial charge >= 0.3 is 0 Å². The summed E-state index contributed by atoms with van der Waals surface area (Å²) < 4.78 is 19.9. The third-order valence-corrected chi connectivity index (χ3v) is 5.10. The van der Waals surface area contributed by atoms with Crippen LogP contribution in [0.2, 0.25) is 0 Å². The molecule has 0 bridgehead atoms. The van der Waals surface area contributed by atoms with E-state index in [1.165, 1.54) is 6.33 Å². The molecule has 0 aliphatic heterocycles. The fourth-order valence-electron chi connectivity index (χ4n) is 2.64. The highest BCUT2D eigenvalue weighted by molar-refractivity contribution is 7.84. The molecule has 1 atom stereocenters. The van der Waals surface area contributed by atoms with Crippen LogP contribution in [-0.4, -0.2) is 45.7 Å². The van der Waals surface area contributed by atoms with Crippen LogP contribution >= 0.6 is 0 Å². The van der Waals surface area contributed by atoms with Gasteiger partial charge in [-0.25, -0.2) is 14.6 Å². The normalized spacial score (nSPS) is 13.1. The molecule has 0 aliphatic carbocycles. The Morgan fingerprint density at radius 2 is 2.04 bits per heavy atom. The highest BCUT2D eigenvalue weighted by Gasteiger charge is 2.15. The Morgan fingerprint density at radius 1 is 1.18 bits per heavy atom. The molecule has 0 aliphatic rings. The Labute approximate surface area is 164 Å². The fourth-order valence-corrected chi connectivity index (χ4v) is 3.67. The minimum absolute atomic E-state index is 0.129. The zero-order valence-electron chi connectivity index (χ0n) is 15.8. The average Bonchev–Trinajstić information content (AvgIpc) is 3.35. The first kappa shape index (κ1) is 18.5. The van der Waals surface area contributed by atoms with E-state index >= 15 is 0 Å². The van der Waals surface area contributed by atoms with E-state index in [1.54, 1.807) is 17.1 Å². The third-order valence-electron chi connectivity index (χ3n) is 4.02. The quantitative estimate of drug-likeness (QED) is 0.557. The summed E-state index contributed by atoms with van der Waals surface area (Å²) in [7, 11) is -1.29. The molecule has 3 heterocycles. The molecule has 3 aromatic heterocycles. The topological polar surface area (TPSA) is 98.6 Å². The van der Waals surface area contributed by atoms with Crippen molar-refractivity contribution in [1.29, 1.82) is 0 Å². The van der Waals surface area contributed by atoms with Gasteiger partial charge in [-0.3, -0.25) is 9.31 Å². The summed E-state index contributed by atoms with van der Waals surface area (Å²) in [6, 6.07) is 9.61. The van der Waals surface area contributed by atoms with Crippen molar-refractivity contribution in [1.82, 2.24) is 29.9 Å². The first-order valence-electron chi connectivity index (χ1n) is 8.73. The van der Waals surface area contributed by atoms with Gasteiger partial charge in [0, 0.05) is 17.1 Å². The second kappa shape index (κ2) is 7.25. The first-order chi connectivity index (χ1) is 13.4. The molecule has 0 saturated heterocycles. The van der Waals surface area contributed by atoms with Crippen molar-refractivity contribution in [3.63, 3.8) is 0 Å². The van der Waals surface area contributed by atoms with Crippen molar-refractivity contribution < 1.29 is 8.95 Å². The maximum Gasteiger partial charge on any atom is 0.162 e. The van der Waals surface area contributed by atoms with Gasteiger partial charge in [0.05, 0.1) is 33.2 Å². The van der Waals surface area contributed by atoms with Gasteiger partial charge in [0.25, 0.3) is 0 Å². The van der Waals surface area contributed by atoms with Crippen LogP contribution in [0.3, 0.4) is 0 Å². The molecule has 0 unspecified atom stereocenters. The van der Waals surface area contributed by atoms with Crippen molar-refractivity contribution in [3.05, 3.63) is 49.1 Å². The van der Waals surface area contributed by atoms with Gasteiger partial charge in [-0.1, -0.05) is 12.1 Å². The number of H-pyrrole nitrogens is 1. The van der Waals surface area contributed by atoms with Gasteiger partial charge in [-0.15, -0.1) is 0 Å². The van der Waals surface area contributed by atoms with E-state index in [-0.39, 0.29) is 11.5 Å². The summed E-state index contributed by atoms with van der Waals surface area (Å²) >= 11 is 0. The van der Waals surface area contributed by atoms with Gasteiger partial charge in [0.2, 0.25) is 0 Å². The van der Waals surface area contributed by atoms with E-state index in [0.29, 0.717) is 16.4 Å². The molecule has 4 aromatic rings. The Kier molecular flexibility index (Phi) is 4.78. The molecule has 4 rings (SSSR count). The molecule has 1 N–H and O–H groups in total. The molecule has 28 heavy (non-hydrogen) atoms. The lowest BCUT2D eigenvalue weighted by Gasteiger charge is -2.18. The zero-order chi connectivity index (χ0) is 19.7. The van der Waals surface area contributed by atoms with Crippen LogP contribution in [0.5, 0.6) is 0 Å². The molecule has 0 fully saturated rings. The van der Waals surface area contributed by atoms with E-state index in [9.17, 15) is 4.21 Å². The van der Waals surface area contributed by atoms with Crippen molar-refractivity contribution in [2.24, 2.45) is 0 Å². The molecule has 144 valence electrons. The first-order valence-corrected chi connectivity index (χ1v) is 10.0. The number of aromatic nitrogens is 6. The SMILES string of the molecule is CC(C)(C)OC[S@](=O)c1cnc2c(cnn2-c2cccc(-c3ncn[nH]3)c2)c1. The Hall–Kier alpha value is -2.91. The van der Waals surface area contributed by atoms with Crippen LogP contribution in [0.1, 0.15) is 20.8 Å². The van der Waals surface area contributed by atoms with Crippen LogP contribution in [0.25, 0.3) is 28.1 Å². The molecule has 1 aromatic carbocycles. The number of rotatable bonds is 5. The molecule has 0 saturated carbocycles. The molecular weight excluding hydrogens is 376 g/mol. The average molecular weight is 396 g/mol. The third kappa shape index (κ3) is 3.85. The van der Waals surface area contributed by atoms with Crippen LogP contribution < -0.4 is 0 Å². The second-order valence-corrected chi connectivity index (χ2v) is 8.64. The maximum atomic E-state index is 12.5. The van der Waals surface area contributed by atoms with E-state index in [4.69, 9.17) is 4.74 Å². The van der Waals surface area contributed by atoms with Crippen LogP contribution in [0.4, 0.5) is 0 Å². The standard InChI is InChI=1S/C19H20N6O2S/c1-19(2,3)27-12-28(26)16-8-14-9-23-25(18(14)20-10-16)15-6-4-5-13(7-15)17-21-11-22-24-17/h4-11H,12H2,1-3H3,(H,21,22,24)/t28-/m0/s1. The number of ether oxygens (including phenoxy) is 1. The summed E-state index contributed by atoms with van der Waals surface area (Å²) in [6.07, 6.45) is 4.80. The number of fused-ring (bicyclic) bond motifs is 1. The minimum atomic E-state index is -1.29. The smallest absolute Gasteiger partial charge is 0.162 e. The summed E-state index contributed by atoms with van der Waals surface area (Å²) in [5.41, 5.74) is 2.09. The van der Waals surface area contributed by atoms with Crippen LogP contribution in [0.15, 0.2) is 53.9 Å². The predicted octanol–water partition coefficient (Wildman–Crippen LogP) is 3.09. The number of aromatic amines is 1. The van der Waals surface area contributed by atoms with Gasteiger partial charge < -0.3 is 4.74 Å². The van der Waals surface area contributed by atoms with Gasteiger partial charge in [-0.2, -0.15) is 10.2 Å². The van der Waals surface area contributed by atoms with Crippen molar-refractivity contribution >= 4 is 21.8 Å². The number of hydrogen-bond acceptors (Lipinski definition) is 6. The second-order valence-electron chi connectivity index (χ2n) is 7.24. The summed E-state index contributed by atoms with van der Waals surface area (Å²) in [5.74, 6) is 0.812. The van der Waals surface area contributed by atoms with Crippen molar-refractivity contribution in [3.8, 4) is 17.1 Å². The van der Waals surface area contributed by atoms with Gasteiger partial charge in [0.15, 0.2) is 11.5 Å². The number of benzene rings is 1. The molecular formula is C19H20N6O2S. The number of hydrogen-bond donors (Lipinski definition) is 1. The van der Waals surface area contributed by atoms with Crippen molar-refractivity contribution in [2.45, 2.75) is 31.3 Å². The van der Waals surface area contributed by atoms with E-state index in [0.717, 1.165) is 16.6 Å². The highest BCUT2D eigenvalue weighted by Crippen LogP contribution is 2.22. The fraction of sp³-hybridized carbons (Fsp3) is 0.263. The largest absolute Gasteiger partial charge is 0.362 e. The molecule has 8 nitrogen and oxygen atoms in total. The Balaban J connectivity index is 1.64. The summed E-state index contributed by atoms with van der Waals surface area (Å²) in [6.45, 7) is 5.80. The Morgan fingerprint density at radius 3 is 2.79 bits per heavy atom. The van der Waals surface area contributed by atoms with Gasteiger partial charge in [0.1, 0.15) is 12.3 Å². The molecule has 9 heteroatoms. The highest BCUT2D eigenvalue weighted by atomic mass is 32.2. The summed E-state index contributed by atoms with van der Waals surface area (Å²) in [5, 5.41) is 12.0. The lowest BCUT2D eigenvalue weighted by molar-refractivity contribution is 0.0270. The molecule has 0 amide bonds. The van der Waals surface area contributed by atoms with Crippen LogP contribution in [-0.2, 0) is 15.5 Å². The van der Waals surface area contributed by atoms with E-state index in [2.05, 4.69) is 25.3 Å². The zero-order valence-corrected chi connectivity index (χ0v) is 16.6. The predicted molar refractivity (Wildman–Crippen MR) is 106 cm³/mol. The lowest BCUT2D eigenvalue weighted by Crippen LogP contribution is -2.21. The van der Waals surface area contributed by atoms with Crippen LogP contribution in [0, 0.1) is 0 Å². The van der Waals surface area contributed by atoms with E-state index in [1.807, 2.05) is 51.1 Å². The van der Waals surface area contributed by atoms with Gasteiger partial charge in [-0.05, 0) is 39.0 Å². The Bertz CT molecular complexity index is 1130. The number of nitrogens with zero attached hydrogens (tertiary/aromatic N) is 5. The minimum Gasteiger partial charge on any atom is -0.362 e. The number of pyridine rings is 1. The monoisotopic (exact) mass is 396 g/mol. The maximum absolute atomic E-state index is 12.5. The molecule has 0 spiro atoms. The van der Waals surface area contributed by atoms with Crippen molar-refractivity contribution in [2.75, 3.05) is 5.94 Å². The molecule has 0 radical (unpaired) electrons. The summed E-state index contributed by atoms with van der Waals surface area (Å²) in [4.78, 5) is 9.29. The lowest BCUT2D eigenvalue weighted by atomic mass is 10.2.